The van der Waals surface area contributed by atoms with Crippen LogP contribution in [0, 0.1) is 24.0 Å². The number of non-ortho nitro benzene ring substituents is 1. The highest BCUT2D eigenvalue weighted by molar-refractivity contribution is 5.99. The van der Waals surface area contributed by atoms with Crippen molar-refractivity contribution in [1.82, 2.24) is 4.90 Å². The van der Waals surface area contributed by atoms with Crippen LogP contribution in [0.5, 0.6) is 0 Å². The zero-order valence-electron chi connectivity index (χ0n) is 17.8. The van der Waals surface area contributed by atoms with Gasteiger partial charge in [-0.05, 0) is 55.5 Å². The van der Waals surface area contributed by atoms with Crippen molar-refractivity contribution in [2.45, 2.75) is 38.8 Å². The molecule has 1 fully saturated rings. The quantitative estimate of drug-likeness (QED) is 0.453. The summed E-state index contributed by atoms with van der Waals surface area (Å²) in [5, 5.41) is 11.8. The van der Waals surface area contributed by atoms with Crippen LogP contribution in [0.4, 0.5) is 5.69 Å². The standard InChI is InChI=1S/C24H22N2O6/c1-13-9-18-19(10-14(13)2)32-23-20(22(18)27)21(15-5-3-6-16(11-15)26(29)30)25(24(23)28)12-17-7-4-8-31-17/h3,5-6,9-11,17,21H,4,7-8,12H2,1-2H3/t17-,21+/m0/s1. The zero-order chi connectivity index (χ0) is 22.6. The number of amides is 1. The lowest BCUT2D eigenvalue weighted by atomic mass is 9.97. The summed E-state index contributed by atoms with van der Waals surface area (Å²) < 4.78 is 11.7. The van der Waals surface area contributed by atoms with Crippen molar-refractivity contribution in [2.24, 2.45) is 0 Å². The lowest BCUT2D eigenvalue weighted by Gasteiger charge is -2.27. The molecule has 0 saturated carbocycles. The lowest BCUT2D eigenvalue weighted by molar-refractivity contribution is -0.384. The van der Waals surface area contributed by atoms with E-state index in [4.69, 9.17) is 9.15 Å². The lowest BCUT2D eigenvalue weighted by Crippen LogP contribution is -2.36. The molecule has 2 aliphatic heterocycles. The zero-order valence-corrected chi connectivity index (χ0v) is 17.8. The number of hydrogen-bond donors (Lipinski definition) is 0. The predicted octanol–water partition coefficient (Wildman–Crippen LogP) is 4.04. The highest BCUT2D eigenvalue weighted by Crippen LogP contribution is 2.40. The summed E-state index contributed by atoms with van der Waals surface area (Å²) in [5.41, 5.74) is 2.60. The highest BCUT2D eigenvalue weighted by atomic mass is 16.6. The van der Waals surface area contributed by atoms with Crippen molar-refractivity contribution in [1.29, 1.82) is 0 Å². The molecular formula is C24H22N2O6. The van der Waals surface area contributed by atoms with Gasteiger partial charge in [-0.1, -0.05) is 12.1 Å². The van der Waals surface area contributed by atoms with Crippen molar-refractivity contribution < 1.29 is 18.9 Å². The molecule has 1 saturated heterocycles. The number of carbonyl (C=O) groups is 1. The molecule has 0 radical (unpaired) electrons. The first-order valence-corrected chi connectivity index (χ1v) is 10.6. The number of carbonyl (C=O) groups excluding carboxylic acids is 1. The van der Waals surface area contributed by atoms with Gasteiger partial charge >= 0.3 is 0 Å². The van der Waals surface area contributed by atoms with Crippen LogP contribution < -0.4 is 5.43 Å². The summed E-state index contributed by atoms with van der Waals surface area (Å²) in [4.78, 5) is 39.5. The molecule has 2 aliphatic rings. The molecule has 32 heavy (non-hydrogen) atoms. The molecular weight excluding hydrogens is 412 g/mol. The van der Waals surface area contributed by atoms with E-state index in [1.165, 1.54) is 12.1 Å². The van der Waals surface area contributed by atoms with E-state index in [1.54, 1.807) is 29.2 Å². The van der Waals surface area contributed by atoms with E-state index in [0.717, 1.165) is 24.0 Å². The van der Waals surface area contributed by atoms with Gasteiger partial charge in [0, 0.05) is 25.3 Å². The Morgan fingerprint density at radius 3 is 2.66 bits per heavy atom. The summed E-state index contributed by atoms with van der Waals surface area (Å²) in [6, 6.07) is 8.84. The van der Waals surface area contributed by atoms with Crippen LogP contribution in [0.3, 0.4) is 0 Å². The number of nitrogens with zero attached hydrogens (tertiary/aromatic N) is 2. The summed E-state index contributed by atoms with van der Waals surface area (Å²) in [6.45, 7) is 4.73. The average Bonchev–Trinajstić information content (AvgIpc) is 3.37. The maximum absolute atomic E-state index is 13.6. The number of benzene rings is 2. The van der Waals surface area contributed by atoms with E-state index in [0.29, 0.717) is 23.1 Å². The molecule has 1 aromatic heterocycles. The smallest absolute Gasteiger partial charge is 0.291 e. The van der Waals surface area contributed by atoms with Crippen LogP contribution >= 0.6 is 0 Å². The first-order valence-electron chi connectivity index (χ1n) is 10.6. The Kier molecular flexibility index (Phi) is 4.82. The van der Waals surface area contributed by atoms with Gasteiger partial charge < -0.3 is 14.1 Å². The normalized spacial score (nSPS) is 20.2. The second-order valence-electron chi connectivity index (χ2n) is 8.45. The minimum Gasteiger partial charge on any atom is -0.450 e. The second kappa shape index (κ2) is 7.56. The minimum atomic E-state index is -0.774. The minimum absolute atomic E-state index is 0.000237. The molecule has 8 heteroatoms. The van der Waals surface area contributed by atoms with Crippen molar-refractivity contribution >= 4 is 22.6 Å². The van der Waals surface area contributed by atoms with Gasteiger partial charge in [-0.2, -0.15) is 0 Å². The van der Waals surface area contributed by atoms with Gasteiger partial charge in [0.05, 0.1) is 28.0 Å². The molecule has 5 rings (SSSR count). The van der Waals surface area contributed by atoms with E-state index in [2.05, 4.69) is 0 Å². The first-order chi connectivity index (χ1) is 15.3. The number of nitro groups is 1. The Labute approximate surface area is 183 Å². The molecule has 164 valence electrons. The number of fused-ring (bicyclic) bond motifs is 2. The van der Waals surface area contributed by atoms with E-state index in [-0.39, 0.29) is 35.1 Å². The maximum atomic E-state index is 13.6. The summed E-state index contributed by atoms with van der Waals surface area (Å²) in [6.07, 6.45) is 1.56. The van der Waals surface area contributed by atoms with E-state index in [9.17, 15) is 19.7 Å². The molecule has 0 unspecified atom stereocenters. The van der Waals surface area contributed by atoms with Crippen LogP contribution in [0.15, 0.2) is 45.6 Å². The third-order valence-electron chi connectivity index (χ3n) is 6.40. The van der Waals surface area contributed by atoms with E-state index < -0.39 is 16.9 Å². The molecule has 0 bridgehead atoms. The summed E-state index contributed by atoms with van der Waals surface area (Å²) in [5.74, 6) is -0.399. The van der Waals surface area contributed by atoms with E-state index in [1.807, 2.05) is 13.8 Å². The van der Waals surface area contributed by atoms with Gasteiger partial charge in [-0.25, -0.2) is 0 Å². The van der Waals surface area contributed by atoms with Crippen molar-refractivity contribution in [3.8, 4) is 0 Å². The number of hydrogen-bond acceptors (Lipinski definition) is 6. The van der Waals surface area contributed by atoms with Gasteiger partial charge in [0.1, 0.15) is 5.58 Å². The molecule has 8 nitrogen and oxygen atoms in total. The number of ether oxygens (including phenoxy) is 1. The Bertz CT molecular complexity index is 1320. The second-order valence-corrected chi connectivity index (χ2v) is 8.45. The predicted molar refractivity (Wildman–Crippen MR) is 117 cm³/mol. The summed E-state index contributed by atoms with van der Waals surface area (Å²) >= 11 is 0. The Morgan fingerprint density at radius 2 is 1.94 bits per heavy atom. The van der Waals surface area contributed by atoms with Crippen LogP contribution in [0.1, 0.15) is 51.7 Å². The SMILES string of the molecule is Cc1cc2oc3c(c(=O)c2cc1C)[C@@H](c1cccc([N+](=O)[O-])c1)N(C[C@@H]1CCCO1)C3=O. The van der Waals surface area contributed by atoms with Gasteiger partial charge in [0.2, 0.25) is 5.76 Å². The molecule has 0 aliphatic carbocycles. The van der Waals surface area contributed by atoms with Crippen LogP contribution in [0.2, 0.25) is 0 Å². The van der Waals surface area contributed by atoms with Gasteiger partial charge in [0.25, 0.3) is 11.6 Å². The van der Waals surface area contributed by atoms with Gasteiger partial charge in [-0.3, -0.25) is 19.7 Å². The molecule has 1 amide bonds. The van der Waals surface area contributed by atoms with Crippen LogP contribution in [-0.4, -0.2) is 35.0 Å². The number of nitro benzene ring substituents is 1. The van der Waals surface area contributed by atoms with Gasteiger partial charge in [-0.15, -0.1) is 0 Å². The summed E-state index contributed by atoms with van der Waals surface area (Å²) in [7, 11) is 0. The Morgan fingerprint density at radius 1 is 1.16 bits per heavy atom. The topological polar surface area (TPSA) is 103 Å². The molecule has 3 aromatic rings. The molecule has 2 atom stereocenters. The average molecular weight is 434 g/mol. The fourth-order valence-corrected chi connectivity index (χ4v) is 4.63. The maximum Gasteiger partial charge on any atom is 0.291 e. The highest BCUT2D eigenvalue weighted by Gasteiger charge is 2.44. The Balaban J connectivity index is 1.73. The first kappa shape index (κ1) is 20.4. The number of aryl methyl sites for hydroxylation is 2. The fraction of sp³-hybridized carbons (Fsp3) is 0.333. The fourth-order valence-electron chi connectivity index (χ4n) is 4.63. The molecule has 2 aromatic carbocycles. The molecule has 0 spiro atoms. The van der Waals surface area contributed by atoms with E-state index >= 15 is 0 Å². The van der Waals surface area contributed by atoms with Crippen molar-refractivity contribution in [3.05, 3.63) is 84.7 Å². The number of rotatable bonds is 4. The van der Waals surface area contributed by atoms with Gasteiger partial charge in [0.15, 0.2) is 5.43 Å². The molecule has 0 N–H and O–H groups in total. The van der Waals surface area contributed by atoms with Crippen molar-refractivity contribution in [2.75, 3.05) is 13.2 Å². The Hall–Kier alpha value is -3.52. The third-order valence-corrected chi connectivity index (χ3v) is 6.40. The van der Waals surface area contributed by atoms with Crippen LogP contribution in [0.25, 0.3) is 11.0 Å². The third kappa shape index (κ3) is 3.18. The molecule has 3 heterocycles. The monoisotopic (exact) mass is 434 g/mol. The van der Waals surface area contributed by atoms with Crippen molar-refractivity contribution in [3.63, 3.8) is 0 Å². The van der Waals surface area contributed by atoms with Crippen LogP contribution in [-0.2, 0) is 4.74 Å². The largest absolute Gasteiger partial charge is 0.450 e.